The molecule has 14 heavy (non-hydrogen) atoms. The SMILES string of the molecule is COc1cnc(C(C)(C)O)cc1OC. The molecule has 1 aromatic rings. The Hall–Kier alpha value is -1.29. The normalized spacial score (nSPS) is 11.2. The Labute approximate surface area is 83.5 Å². The fourth-order valence-corrected chi connectivity index (χ4v) is 1.07. The molecule has 0 saturated heterocycles. The maximum atomic E-state index is 9.71. The van der Waals surface area contributed by atoms with Crippen LogP contribution in [0.5, 0.6) is 11.5 Å². The van der Waals surface area contributed by atoms with Gasteiger partial charge in [-0.15, -0.1) is 0 Å². The largest absolute Gasteiger partial charge is 0.493 e. The highest BCUT2D eigenvalue weighted by Gasteiger charge is 2.19. The second-order valence-corrected chi connectivity index (χ2v) is 3.48. The first-order valence-electron chi connectivity index (χ1n) is 4.30. The molecule has 0 saturated carbocycles. The summed E-state index contributed by atoms with van der Waals surface area (Å²) in [4.78, 5) is 4.07. The third-order valence-corrected chi connectivity index (χ3v) is 1.90. The highest BCUT2D eigenvalue weighted by molar-refractivity contribution is 5.39. The van der Waals surface area contributed by atoms with Crippen molar-refractivity contribution in [3.05, 3.63) is 18.0 Å². The lowest BCUT2D eigenvalue weighted by Gasteiger charge is -2.17. The molecule has 4 nitrogen and oxygen atoms in total. The van der Waals surface area contributed by atoms with Crippen LogP contribution < -0.4 is 9.47 Å². The fraction of sp³-hybridized carbons (Fsp3) is 0.500. The molecule has 0 radical (unpaired) electrons. The van der Waals surface area contributed by atoms with Gasteiger partial charge >= 0.3 is 0 Å². The molecule has 0 unspecified atom stereocenters. The highest BCUT2D eigenvalue weighted by Crippen LogP contribution is 2.29. The minimum atomic E-state index is -0.973. The van der Waals surface area contributed by atoms with Crippen molar-refractivity contribution in [3.63, 3.8) is 0 Å². The van der Waals surface area contributed by atoms with Gasteiger partial charge in [-0.1, -0.05) is 0 Å². The van der Waals surface area contributed by atoms with Crippen LogP contribution in [-0.2, 0) is 5.60 Å². The minimum Gasteiger partial charge on any atom is -0.493 e. The van der Waals surface area contributed by atoms with E-state index < -0.39 is 5.60 Å². The van der Waals surface area contributed by atoms with Gasteiger partial charge in [-0.05, 0) is 13.8 Å². The molecule has 0 aliphatic heterocycles. The molecule has 0 fully saturated rings. The lowest BCUT2D eigenvalue weighted by atomic mass is 10.0. The summed E-state index contributed by atoms with van der Waals surface area (Å²) in [6.45, 7) is 3.34. The van der Waals surface area contributed by atoms with Crippen molar-refractivity contribution >= 4 is 0 Å². The van der Waals surface area contributed by atoms with Crippen LogP contribution in [0.4, 0.5) is 0 Å². The Morgan fingerprint density at radius 1 is 1.21 bits per heavy atom. The quantitative estimate of drug-likeness (QED) is 0.794. The predicted molar refractivity (Wildman–Crippen MR) is 52.6 cm³/mol. The van der Waals surface area contributed by atoms with Gasteiger partial charge in [0.05, 0.1) is 26.1 Å². The maximum Gasteiger partial charge on any atom is 0.179 e. The van der Waals surface area contributed by atoms with Crippen LogP contribution in [0.3, 0.4) is 0 Å². The summed E-state index contributed by atoms with van der Waals surface area (Å²) in [7, 11) is 3.09. The summed E-state index contributed by atoms with van der Waals surface area (Å²) in [5.41, 5.74) is -0.422. The van der Waals surface area contributed by atoms with Crippen LogP contribution in [0.2, 0.25) is 0 Å². The van der Waals surface area contributed by atoms with E-state index in [-0.39, 0.29) is 0 Å². The second kappa shape index (κ2) is 3.84. The first-order chi connectivity index (χ1) is 6.49. The monoisotopic (exact) mass is 197 g/mol. The first kappa shape index (κ1) is 10.8. The summed E-state index contributed by atoms with van der Waals surface area (Å²) < 4.78 is 10.1. The molecular formula is C10H15NO3. The third kappa shape index (κ3) is 2.14. The molecule has 0 aromatic carbocycles. The number of methoxy groups -OCH3 is 2. The molecule has 1 aromatic heterocycles. The first-order valence-corrected chi connectivity index (χ1v) is 4.30. The van der Waals surface area contributed by atoms with E-state index in [9.17, 15) is 5.11 Å². The average molecular weight is 197 g/mol. The smallest absolute Gasteiger partial charge is 0.179 e. The van der Waals surface area contributed by atoms with E-state index >= 15 is 0 Å². The highest BCUT2D eigenvalue weighted by atomic mass is 16.5. The third-order valence-electron chi connectivity index (χ3n) is 1.90. The van der Waals surface area contributed by atoms with E-state index in [0.717, 1.165) is 0 Å². The number of pyridine rings is 1. The van der Waals surface area contributed by atoms with Gasteiger partial charge in [0.1, 0.15) is 5.60 Å². The van der Waals surface area contributed by atoms with Crippen molar-refractivity contribution in [1.82, 2.24) is 4.98 Å². The Morgan fingerprint density at radius 2 is 1.79 bits per heavy atom. The number of hydrogen-bond donors (Lipinski definition) is 1. The molecule has 0 atom stereocenters. The van der Waals surface area contributed by atoms with Crippen molar-refractivity contribution in [2.75, 3.05) is 14.2 Å². The van der Waals surface area contributed by atoms with Gasteiger partial charge in [-0.2, -0.15) is 0 Å². The molecule has 0 aliphatic carbocycles. The van der Waals surface area contributed by atoms with Crippen LogP contribution in [-0.4, -0.2) is 24.3 Å². The Kier molecular flexibility index (Phi) is 2.96. The number of hydrogen-bond acceptors (Lipinski definition) is 4. The Bertz CT molecular complexity index is 318. The van der Waals surface area contributed by atoms with E-state index in [0.29, 0.717) is 17.2 Å². The van der Waals surface area contributed by atoms with Crippen LogP contribution >= 0.6 is 0 Å². The predicted octanol–water partition coefficient (Wildman–Crippen LogP) is 1.33. The molecule has 1 N–H and O–H groups in total. The van der Waals surface area contributed by atoms with E-state index in [4.69, 9.17) is 9.47 Å². The van der Waals surface area contributed by atoms with Crippen molar-refractivity contribution in [1.29, 1.82) is 0 Å². The van der Waals surface area contributed by atoms with Crippen molar-refractivity contribution in [2.45, 2.75) is 19.4 Å². The van der Waals surface area contributed by atoms with Gasteiger partial charge in [0.25, 0.3) is 0 Å². The summed E-state index contributed by atoms with van der Waals surface area (Å²) in [5, 5.41) is 9.71. The minimum absolute atomic E-state index is 0.551. The molecule has 4 heteroatoms. The molecule has 1 rings (SSSR count). The summed E-state index contributed by atoms with van der Waals surface area (Å²) in [5.74, 6) is 1.13. The van der Waals surface area contributed by atoms with Gasteiger partial charge in [0.15, 0.2) is 11.5 Å². The van der Waals surface area contributed by atoms with Gasteiger partial charge in [0, 0.05) is 6.07 Å². The number of ether oxygens (including phenoxy) is 2. The van der Waals surface area contributed by atoms with E-state index in [1.165, 1.54) is 6.20 Å². The topological polar surface area (TPSA) is 51.6 Å². The van der Waals surface area contributed by atoms with Gasteiger partial charge in [0.2, 0.25) is 0 Å². The van der Waals surface area contributed by atoms with Crippen LogP contribution in [0, 0.1) is 0 Å². The molecule has 78 valence electrons. The molecule has 0 aliphatic rings. The number of nitrogens with zero attached hydrogens (tertiary/aromatic N) is 1. The zero-order valence-corrected chi connectivity index (χ0v) is 8.87. The van der Waals surface area contributed by atoms with Crippen LogP contribution in [0.15, 0.2) is 12.3 Å². The zero-order valence-electron chi connectivity index (χ0n) is 8.87. The van der Waals surface area contributed by atoms with Crippen molar-refractivity contribution in [3.8, 4) is 11.5 Å². The van der Waals surface area contributed by atoms with Gasteiger partial charge < -0.3 is 14.6 Å². The number of aromatic nitrogens is 1. The zero-order chi connectivity index (χ0) is 10.8. The molecule has 0 spiro atoms. The lowest BCUT2D eigenvalue weighted by molar-refractivity contribution is 0.0734. The fourth-order valence-electron chi connectivity index (χ4n) is 1.07. The van der Waals surface area contributed by atoms with Crippen LogP contribution in [0.25, 0.3) is 0 Å². The van der Waals surface area contributed by atoms with Crippen molar-refractivity contribution in [2.24, 2.45) is 0 Å². The van der Waals surface area contributed by atoms with E-state index in [2.05, 4.69) is 4.98 Å². The summed E-state index contributed by atoms with van der Waals surface area (Å²) in [6, 6.07) is 1.67. The number of rotatable bonds is 3. The Morgan fingerprint density at radius 3 is 2.21 bits per heavy atom. The average Bonchev–Trinajstić information content (AvgIpc) is 2.15. The molecule has 0 bridgehead atoms. The van der Waals surface area contributed by atoms with Gasteiger partial charge in [-0.25, -0.2) is 0 Å². The second-order valence-electron chi connectivity index (χ2n) is 3.48. The molecular weight excluding hydrogens is 182 g/mol. The van der Waals surface area contributed by atoms with Crippen molar-refractivity contribution < 1.29 is 14.6 Å². The standard InChI is InChI=1S/C10H15NO3/c1-10(2,12)9-5-7(13-3)8(14-4)6-11-9/h5-6,12H,1-4H3. The molecule has 0 amide bonds. The van der Waals surface area contributed by atoms with E-state index in [1.54, 1.807) is 34.1 Å². The Balaban J connectivity index is 3.14. The van der Waals surface area contributed by atoms with Crippen LogP contribution in [0.1, 0.15) is 19.5 Å². The summed E-state index contributed by atoms with van der Waals surface area (Å²) >= 11 is 0. The molecule has 1 heterocycles. The summed E-state index contributed by atoms with van der Waals surface area (Å²) in [6.07, 6.45) is 1.53. The lowest BCUT2D eigenvalue weighted by Crippen LogP contribution is -2.17. The maximum absolute atomic E-state index is 9.71. The van der Waals surface area contributed by atoms with Gasteiger partial charge in [-0.3, -0.25) is 4.98 Å². The van der Waals surface area contributed by atoms with E-state index in [1.807, 2.05) is 0 Å². The number of aliphatic hydroxyl groups is 1.